The van der Waals surface area contributed by atoms with E-state index in [0.717, 1.165) is 6.20 Å². The smallest absolute Gasteiger partial charge is 0.358 e. The molecule has 12 heteroatoms. The zero-order valence-electron chi connectivity index (χ0n) is 13.9. The molecule has 0 saturated heterocycles. The predicted octanol–water partition coefficient (Wildman–Crippen LogP) is 1.68. The van der Waals surface area contributed by atoms with Gasteiger partial charge < -0.3 is 20.2 Å². The Bertz CT molecular complexity index is 620. The van der Waals surface area contributed by atoms with Gasteiger partial charge in [0.15, 0.2) is 6.20 Å². The summed E-state index contributed by atoms with van der Waals surface area (Å²) in [4.78, 5) is 20.6. The first-order chi connectivity index (χ1) is 11.2. The average Bonchev–Trinajstić information content (AvgIpc) is 3.07. The molecule has 0 unspecified atom stereocenters. The van der Waals surface area contributed by atoms with Crippen LogP contribution in [0.5, 0.6) is 0 Å². The highest BCUT2D eigenvalue weighted by atomic mass is 16.6. The Balaban J connectivity index is 0.000000240. The molecule has 0 fully saturated rings. The Morgan fingerprint density at radius 3 is 2.04 bits per heavy atom. The van der Waals surface area contributed by atoms with Crippen molar-refractivity contribution < 1.29 is 9.85 Å². The first-order valence-corrected chi connectivity index (χ1v) is 7.28. The van der Waals surface area contributed by atoms with Crippen molar-refractivity contribution >= 4 is 11.6 Å². The molecule has 132 valence electrons. The molecule has 2 aromatic rings. The lowest BCUT2D eigenvalue weighted by Crippen LogP contribution is -2.07. The van der Waals surface area contributed by atoms with E-state index in [2.05, 4.69) is 20.5 Å². The summed E-state index contributed by atoms with van der Waals surface area (Å²) < 4.78 is 1.48. The van der Waals surface area contributed by atoms with Gasteiger partial charge in [-0.3, -0.25) is 0 Å². The first-order valence-electron chi connectivity index (χ1n) is 7.28. The molecule has 0 radical (unpaired) electrons. The number of nitrogens with zero attached hydrogens (tertiary/aromatic N) is 8. The molecule has 0 aliphatic heterocycles. The minimum Gasteiger partial charge on any atom is -0.358 e. The van der Waals surface area contributed by atoms with Gasteiger partial charge in [0, 0.05) is 6.54 Å². The highest BCUT2D eigenvalue weighted by Crippen LogP contribution is 2.05. The first kappa shape index (κ1) is 19.1. The molecular formula is C12H20N8O4. The summed E-state index contributed by atoms with van der Waals surface area (Å²) in [5.41, 5.74) is 0. The summed E-state index contributed by atoms with van der Waals surface area (Å²) in [6.45, 7) is 9.26. The molecule has 0 aliphatic rings. The quantitative estimate of drug-likeness (QED) is 0.569. The van der Waals surface area contributed by atoms with Crippen molar-refractivity contribution in [1.82, 2.24) is 30.0 Å². The zero-order valence-corrected chi connectivity index (χ0v) is 13.9. The van der Waals surface area contributed by atoms with E-state index < -0.39 is 9.85 Å². The molecule has 0 atom stereocenters. The summed E-state index contributed by atoms with van der Waals surface area (Å²) in [7, 11) is 0. The van der Waals surface area contributed by atoms with Crippen LogP contribution in [0.4, 0.5) is 11.6 Å². The Morgan fingerprint density at radius 1 is 1.04 bits per heavy atom. The number of hydrogen-bond acceptors (Lipinski definition) is 8. The number of hydrogen-bond donors (Lipinski definition) is 0. The van der Waals surface area contributed by atoms with Crippen molar-refractivity contribution in [2.24, 2.45) is 11.8 Å². The van der Waals surface area contributed by atoms with Crippen molar-refractivity contribution in [2.45, 2.75) is 40.8 Å². The number of rotatable bonds is 6. The van der Waals surface area contributed by atoms with Crippen molar-refractivity contribution in [1.29, 1.82) is 0 Å². The second kappa shape index (κ2) is 8.64. The molecule has 0 saturated carbocycles. The lowest BCUT2D eigenvalue weighted by Gasteiger charge is -1.99. The Labute approximate surface area is 137 Å². The third-order valence-electron chi connectivity index (χ3n) is 2.51. The summed E-state index contributed by atoms with van der Waals surface area (Å²) in [5.74, 6) is 0.398. The lowest BCUT2D eigenvalue weighted by atomic mass is 10.2. The van der Waals surface area contributed by atoms with E-state index >= 15 is 0 Å². The van der Waals surface area contributed by atoms with Crippen molar-refractivity contribution in [3.8, 4) is 0 Å². The van der Waals surface area contributed by atoms with Crippen LogP contribution >= 0.6 is 0 Å². The van der Waals surface area contributed by atoms with Crippen LogP contribution in [0.3, 0.4) is 0 Å². The van der Waals surface area contributed by atoms with Crippen LogP contribution < -0.4 is 0 Å². The second-order valence-corrected chi connectivity index (χ2v) is 5.86. The normalized spacial score (nSPS) is 10.6. The van der Waals surface area contributed by atoms with Gasteiger partial charge in [-0.1, -0.05) is 32.5 Å². The van der Waals surface area contributed by atoms with Gasteiger partial charge in [0.05, 0.1) is 16.9 Å². The van der Waals surface area contributed by atoms with Gasteiger partial charge in [-0.2, -0.15) is 0 Å². The SMILES string of the molecule is CC(C)Cn1cc([N+](=O)[O-])nn1.CC(C)Cn1ncc([N+](=O)[O-])n1. The molecule has 0 amide bonds. The van der Waals surface area contributed by atoms with E-state index in [4.69, 9.17) is 0 Å². The highest BCUT2D eigenvalue weighted by molar-refractivity contribution is 5.08. The fraction of sp³-hybridized carbons (Fsp3) is 0.667. The van der Waals surface area contributed by atoms with Crippen LogP contribution in [0.1, 0.15) is 27.7 Å². The van der Waals surface area contributed by atoms with Crippen molar-refractivity contribution in [2.75, 3.05) is 0 Å². The average molecular weight is 340 g/mol. The second-order valence-electron chi connectivity index (χ2n) is 5.86. The fourth-order valence-electron chi connectivity index (χ4n) is 1.62. The maximum absolute atomic E-state index is 10.2. The van der Waals surface area contributed by atoms with Crippen LogP contribution in [-0.2, 0) is 13.1 Å². The molecule has 2 rings (SSSR count). The molecule has 12 nitrogen and oxygen atoms in total. The molecule has 2 heterocycles. The highest BCUT2D eigenvalue weighted by Gasteiger charge is 2.13. The monoisotopic (exact) mass is 340 g/mol. The summed E-state index contributed by atoms with van der Waals surface area (Å²) in [6, 6.07) is 0. The minimum atomic E-state index is -0.552. The van der Waals surface area contributed by atoms with Crippen LogP contribution in [0.25, 0.3) is 0 Å². The van der Waals surface area contributed by atoms with Gasteiger partial charge in [0.1, 0.15) is 11.3 Å². The third-order valence-corrected chi connectivity index (χ3v) is 2.51. The van der Waals surface area contributed by atoms with Gasteiger partial charge in [-0.25, -0.2) is 4.68 Å². The maximum Gasteiger partial charge on any atom is 0.410 e. The van der Waals surface area contributed by atoms with E-state index in [9.17, 15) is 20.2 Å². The van der Waals surface area contributed by atoms with Gasteiger partial charge in [-0.15, -0.1) is 5.10 Å². The molecule has 24 heavy (non-hydrogen) atoms. The van der Waals surface area contributed by atoms with Crippen LogP contribution in [0.15, 0.2) is 12.4 Å². The summed E-state index contributed by atoms with van der Waals surface area (Å²) >= 11 is 0. The van der Waals surface area contributed by atoms with Gasteiger partial charge in [0.25, 0.3) is 0 Å². The van der Waals surface area contributed by atoms with E-state index in [1.807, 2.05) is 27.7 Å². The molecular weight excluding hydrogens is 320 g/mol. The van der Waals surface area contributed by atoms with Crippen LogP contribution in [-0.4, -0.2) is 39.8 Å². The van der Waals surface area contributed by atoms with Crippen molar-refractivity contribution in [3.05, 3.63) is 32.6 Å². The largest absolute Gasteiger partial charge is 0.410 e. The van der Waals surface area contributed by atoms with Crippen molar-refractivity contribution in [3.63, 3.8) is 0 Å². The number of aromatic nitrogens is 6. The minimum absolute atomic E-state index is 0.198. The Morgan fingerprint density at radius 2 is 1.62 bits per heavy atom. The van der Waals surface area contributed by atoms with E-state index in [1.54, 1.807) is 0 Å². The zero-order chi connectivity index (χ0) is 18.3. The van der Waals surface area contributed by atoms with E-state index in [0.29, 0.717) is 24.9 Å². The Kier molecular flexibility index (Phi) is 6.89. The number of nitro groups is 2. The van der Waals surface area contributed by atoms with Gasteiger partial charge >= 0.3 is 11.6 Å². The maximum atomic E-state index is 10.2. The predicted molar refractivity (Wildman–Crippen MR) is 83.0 cm³/mol. The topological polar surface area (TPSA) is 148 Å². The summed E-state index contributed by atoms with van der Waals surface area (Å²) in [6.07, 6.45) is 2.49. The van der Waals surface area contributed by atoms with Crippen LogP contribution in [0, 0.1) is 32.1 Å². The lowest BCUT2D eigenvalue weighted by molar-refractivity contribution is -0.390. The molecule has 0 bridgehead atoms. The van der Waals surface area contributed by atoms with E-state index in [1.165, 1.54) is 15.7 Å². The van der Waals surface area contributed by atoms with Gasteiger partial charge in [0.2, 0.25) is 0 Å². The standard InChI is InChI=1S/2C6H10N4O2/c1-5(2)4-9-7-3-6(8-9)10(11)12;1-5(2)3-9-4-6(7-8-9)10(11)12/h3,5H,4H2,1-2H3;4-5H,3H2,1-2H3. The summed E-state index contributed by atoms with van der Waals surface area (Å²) in [5, 5.41) is 34.8. The molecule has 0 spiro atoms. The molecule has 0 aromatic carbocycles. The van der Waals surface area contributed by atoms with E-state index in [-0.39, 0.29) is 11.6 Å². The Hall–Kier alpha value is -2.92. The van der Waals surface area contributed by atoms with Crippen LogP contribution in [0.2, 0.25) is 0 Å². The third kappa shape index (κ3) is 6.46. The fourth-order valence-corrected chi connectivity index (χ4v) is 1.62. The molecule has 2 aromatic heterocycles. The molecule has 0 aliphatic carbocycles. The van der Waals surface area contributed by atoms with Gasteiger partial charge in [-0.05, 0) is 21.7 Å². The molecule has 0 N–H and O–H groups in total.